The van der Waals surface area contributed by atoms with Crippen LogP contribution in [0.4, 0.5) is 5.13 Å². The summed E-state index contributed by atoms with van der Waals surface area (Å²) in [5, 5.41) is 12.1. The summed E-state index contributed by atoms with van der Waals surface area (Å²) in [5.74, 6) is 0.406. The van der Waals surface area contributed by atoms with Crippen molar-refractivity contribution in [2.75, 3.05) is 19.0 Å². The van der Waals surface area contributed by atoms with Gasteiger partial charge in [0.15, 0.2) is 0 Å². The van der Waals surface area contributed by atoms with E-state index in [1.165, 1.54) is 11.3 Å². The van der Waals surface area contributed by atoms with E-state index >= 15 is 0 Å². The van der Waals surface area contributed by atoms with E-state index in [0.29, 0.717) is 16.4 Å². The molecule has 0 bridgehead atoms. The Morgan fingerprint density at radius 1 is 1.48 bits per heavy atom. The number of ether oxygens (including phenoxy) is 2. The highest BCUT2D eigenvalue weighted by atomic mass is 32.1. The normalized spacial score (nSPS) is 17.7. The Labute approximate surface area is 126 Å². The number of nitrogens with one attached hydrogen (secondary N) is 1. The lowest BCUT2D eigenvalue weighted by molar-refractivity contribution is 0.102. The maximum absolute atomic E-state index is 12.2. The summed E-state index contributed by atoms with van der Waals surface area (Å²) in [7, 11) is 1.57. The smallest absolute Gasteiger partial charge is 0.257 e. The molecule has 1 fully saturated rings. The summed E-state index contributed by atoms with van der Waals surface area (Å²) in [6.07, 6.45) is 2.01. The third kappa shape index (κ3) is 3.20. The lowest BCUT2D eigenvalue weighted by atomic mass is 10.2. The molecule has 2 heterocycles. The van der Waals surface area contributed by atoms with Gasteiger partial charge in [-0.1, -0.05) is 17.4 Å². The number of carbonyl (C=O) groups excluding carboxylic acids is 1. The van der Waals surface area contributed by atoms with E-state index in [4.69, 9.17) is 9.47 Å². The zero-order valence-corrected chi connectivity index (χ0v) is 12.4. The van der Waals surface area contributed by atoms with Crippen LogP contribution < -0.4 is 10.1 Å². The van der Waals surface area contributed by atoms with Crippen molar-refractivity contribution in [2.24, 2.45) is 0 Å². The number of amides is 1. The van der Waals surface area contributed by atoms with E-state index in [2.05, 4.69) is 15.5 Å². The molecule has 2 aromatic rings. The summed E-state index contributed by atoms with van der Waals surface area (Å²) in [6, 6.07) is 6.96. The van der Waals surface area contributed by atoms with Gasteiger partial charge in [-0.25, -0.2) is 0 Å². The highest BCUT2D eigenvalue weighted by Gasteiger charge is 2.22. The van der Waals surface area contributed by atoms with Gasteiger partial charge in [0.2, 0.25) is 5.13 Å². The first-order valence-corrected chi connectivity index (χ1v) is 7.48. The van der Waals surface area contributed by atoms with Crippen molar-refractivity contribution in [2.45, 2.75) is 18.9 Å². The average Bonchev–Trinajstić information content (AvgIpc) is 3.18. The second-order valence-corrected chi connectivity index (χ2v) is 5.64. The molecule has 1 aromatic carbocycles. The van der Waals surface area contributed by atoms with E-state index in [0.717, 1.165) is 24.5 Å². The van der Waals surface area contributed by atoms with Gasteiger partial charge in [0, 0.05) is 12.2 Å². The van der Waals surface area contributed by atoms with Gasteiger partial charge in [0.1, 0.15) is 16.9 Å². The number of rotatable bonds is 4. The minimum absolute atomic E-state index is 0.0185. The van der Waals surface area contributed by atoms with E-state index in [-0.39, 0.29) is 12.0 Å². The van der Waals surface area contributed by atoms with Crippen LogP contribution in [0.5, 0.6) is 5.75 Å². The van der Waals surface area contributed by atoms with Crippen LogP contribution in [0.3, 0.4) is 0 Å². The van der Waals surface area contributed by atoms with Crippen LogP contribution in [0.15, 0.2) is 24.3 Å². The fourth-order valence-corrected chi connectivity index (χ4v) is 2.94. The van der Waals surface area contributed by atoms with Gasteiger partial charge in [-0.3, -0.25) is 10.1 Å². The van der Waals surface area contributed by atoms with Crippen molar-refractivity contribution in [3.8, 4) is 5.75 Å². The summed E-state index contributed by atoms with van der Waals surface area (Å²) in [5.41, 5.74) is 0.517. The Kier molecular flexibility index (Phi) is 4.12. The predicted octanol–water partition coefficient (Wildman–Crippen LogP) is 2.65. The first kappa shape index (κ1) is 14.0. The molecular weight excluding hydrogens is 290 g/mol. The Hall–Kier alpha value is -1.99. The monoisotopic (exact) mass is 305 g/mol. The maximum atomic E-state index is 12.2. The van der Waals surface area contributed by atoms with Gasteiger partial charge in [0.25, 0.3) is 5.91 Å². The maximum Gasteiger partial charge on any atom is 0.257 e. The lowest BCUT2D eigenvalue weighted by Gasteiger charge is -2.04. The molecule has 0 unspecified atom stereocenters. The SMILES string of the molecule is COc1cccc(C(=O)Nc2nnc([C@@H]3CCCO3)s2)c1. The number of hydrogen-bond donors (Lipinski definition) is 1. The molecule has 110 valence electrons. The average molecular weight is 305 g/mol. The molecule has 1 aromatic heterocycles. The first-order valence-electron chi connectivity index (χ1n) is 6.66. The van der Waals surface area contributed by atoms with Crippen molar-refractivity contribution in [3.05, 3.63) is 34.8 Å². The Morgan fingerprint density at radius 3 is 3.14 bits per heavy atom. The zero-order valence-electron chi connectivity index (χ0n) is 11.5. The highest BCUT2D eigenvalue weighted by Crippen LogP contribution is 2.32. The Morgan fingerprint density at radius 2 is 2.38 bits per heavy atom. The van der Waals surface area contributed by atoms with Crippen LogP contribution in [0.2, 0.25) is 0 Å². The second-order valence-electron chi connectivity index (χ2n) is 4.63. The largest absolute Gasteiger partial charge is 0.497 e. The number of hydrogen-bond acceptors (Lipinski definition) is 6. The summed E-state index contributed by atoms with van der Waals surface area (Å²) >= 11 is 1.35. The van der Waals surface area contributed by atoms with E-state index in [1.54, 1.807) is 31.4 Å². The fourth-order valence-electron chi connectivity index (χ4n) is 2.12. The van der Waals surface area contributed by atoms with Crippen molar-refractivity contribution in [1.29, 1.82) is 0 Å². The molecule has 6 nitrogen and oxygen atoms in total. The second kappa shape index (κ2) is 6.19. The number of methoxy groups -OCH3 is 1. The number of nitrogens with zero attached hydrogens (tertiary/aromatic N) is 2. The molecule has 7 heteroatoms. The van der Waals surface area contributed by atoms with Gasteiger partial charge >= 0.3 is 0 Å². The molecule has 21 heavy (non-hydrogen) atoms. The molecular formula is C14H15N3O3S. The molecule has 3 rings (SSSR count). The van der Waals surface area contributed by atoms with Gasteiger partial charge in [-0.15, -0.1) is 10.2 Å². The van der Waals surface area contributed by atoms with Crippen molar-refractivity contribution < 1.29 is 14.3 Å². The predicted molar refractivity (Wildman–Crippen MR) is 78.8 cm³/mol. The van der Waals surface area contributed by atoms with Crippen molar-refractivity contribution >= 4 is 22.4 Å². The molecule has 1 aliphatic heterocycles. The molecule has 0 aliphatic carbocycles. The zero-order chi connectivity index (χ0) is 14.7. The highest BCUT2D eigenvalue weighted by molar-refractivity contribution is 7.15. The minimum Gasteiger partial charge on any atom is -0.497 e. The van der Waals surface area contributed by atoms with E-state index in [9.17, 15) is 4.79 Å². The van der Waals surface area contributed by atoms with Gasteiger partial charge in [0.05, 0.1) is 7.11 Å². The molecule has 0 spiro atoms. The topological polar surface area (TPSA) is 73.3 Å². The standard InChI is InChI=1S/C14H15N3O3S/c1-19-10-5-2-4-9(8-10)12(18)15-14-17-16-13(21-14)11-6-3-7-20-11/h2,4-5,8,11H,3,6-7H2,1H3,(H,15,17,18)/t11-/m0/s1. The summed E-state index contributed by atoms with van der Waals surface area (Å²) in [6.45, 7) is 0.760. The first-order chi connectivity index (χ1) is 10.3. The minimum atomic E-state index is -0.232. The number of anilines is 1. The molecule has 1 atom stereocenters. The quantitative estimate of drug-likeness (QED) is 0.940. The van der Waals surface area contributed by atoms with Gasteiger partial charge in [-0.05, 0) is 31.0 Å². The number of benzene rings is 1. The fraction of sp³-hybridized carbons (Fsp3) is 0.357. The van der Waals surface area contributed by atoms with Gasteiger partial charge < -0.3 is 9.47 Å². The molecule has 1 N–H and O–H groups in total. The van der Waals surface area contributed by atoms with Gasteiger partial charge in [-0.2, -0.15) is 0 Å². The van der Waals surface area contributed by atoms with Crippen LogP contribution in [-0.4, -0.2) is 29.8 Å². The molecule has 1 saturated heterocycles. The third-order valence-electron chi connectivity index (χ3n) is 3.20. The van der Waals surface area contributed by atoms with Crippen LogP contribution >= 0.6 is 11.3 Å². The van der Waals surface area contributed by atoms with E-state index in [1.807, 2.05) is 0 Å². The Bertz CT molecular complexity index is 638. The number of carbonyl (C=O) groups is 1. The summed E-state index contributed by atoms with van der Waals surface area (Å²) in [4.78, 5) is 12.2. The molecule has 0 radical (unpaired) electrons. The van der Waals surface area contributed by atoms with Crippen molar-refractivity contribution in [3.63, 3.8) is 0 Å². The molecule has 1 aliphatic rings. The lowest BCUT2D eigenvalue weighted by Crippen LogP contribution is -2.11. The van der Waals surface area contributed by atoms with E-state index < -0.39 is 0 Å². The molecule has 1 amide bonds. The van der Waals surface area contributed by atoms with Crippen LogP contribution in [-0.2, 0) is 4.74 Å². The summed E-state index contributed by atoms with van der Waals surface area (Å²) < 4.78 is 10.7. The molecule has 0 saturated carbocycles. The van der Waals surface area contributed by atoms with Crippen LogP contribution in [0, 0.1) is 0 Å². The van der Waals surface area contributed by atoms with Crippen LogP contribution in [0.25, 0.3) is 0 Å². The Balaban J connectivity index is 1.69. The number of aromatic nitrogens is 2. The third-order valence-corrected chi connectivity index (χ3v) is 4.13. The van der Waals surface area contributed by atoms with Crippen LogP contribution in [0.1, 0.15) is 34.3 Å². The van der Waals surface area contributed by atoms with Crippen molar-refractivity contribution in [1.82, 2.24) is 10.2 Å².